The average Bonchev–Trinajstić information content (AvgIpc) is 2.75. The molecule has 15 heavy (non-hydrogen) atoms. The normalized spacial score (nSPS) is 10.5. The molecule has 1 N–H and O–H groups in total. The Bertz CT molecular complexity index is 409. The van der Waals surface area contributed by atoms with Crippen molar-refractivity contribution in [2.45, 2.75) is 12.8 Å². The van der Waals surface area contributed by atoms with Crippen LogP contribution in [-0.2, 0) is 6.42 Å². The number of alkyl halides is 1. The van der Waals surface area contributed by atoms with Crippen LogP contribution in [-0.4, -0.2) is 15.5 Å². The maximum Gasteiger partial charge on any atom is 0.0568 e. The molecule has 0 spiro atoms. The van der Waals surface area contributed by atoms with Crippen molar-refractivity contribution in [1.82, 2.24) is 10.2 Å². The highest BCUT2D eigenvalue weighted by molar-refractivity contribution is 9.09. The number of nitrogens with zero attached hydrogens (tertiary/aromatic N) is 1. The van der Waals surface area contributed by atoms with E-state index >= 15 is 0 Å². The van der Waals surface area contributed by atoms with Crippen molar-refractivity contribution in [1.29, 1.82) is 0 Å². The molecule has 0 aliphatic heterocycles. The Balaban J connectivity index is 2.25. The first-order valence-electron chi connectivity index (χ1n) is 5.05. The largest absolute Gasteiger partial charge is 0.282 e. The molecule has 1 aromatic heterocycles. The van der Waals surface area contributed by atoms with Crippen LogP contribution in [0.1, 0.15) is 12.1 Å². The maximum atomic E-state index is 4.11. The van der Waals surface area contributed by atoms with Gasteiger partial charge in [0.1, 0.15) is 0 Å². The smallest absolute Gasteiger partial charge is 0.0568 e. The minimum absolute atomic E-state index is 1.03. The molecule has 0 aliphatic rings. The van der Waals surface area contributed by atoms with E-state index in [1.807, 2.05) is 12.3 Å². The van der Waals surface area contributed by atoms with Crippen LogP contribution in [0.2, 0.25) is 0 Å². The Labute approximate surface area is 97.8 Å². The van der Waals surface area contributed by atoms with E-state index in [1.165, 1.54) is 16.8 Å². The number of aryl methyl sites for hydroxylation is 1. The van der Waals surface area contributed by atoms with Crippen LogP contribution >= 0.6 is 15.9 Å². The van der Waals surface area contributed by atoms with E-state index in [0.717, 1.165) is 18.2 Å². The highest BCUT2D eigenvalue weighted by Gasteiger charge is 2.05. The van der Waals surface area contributed by atoms with Gasteiger partial charge in [-0.3, -0.25) is 5.10 Å². The van der Waals surface area contributed by atoms with Crippen LogP contribution < -0.4 is 0 Å². The summed E-state index contributed by atoms with van der Waals surface area (Å²) in [6.07, 6.45) is 4.07. The van der Waals surface area contributed by atoms with Crippen LogP contribution in [0.25, 0.3) is 11.1 Å². The summed E-state index contributed by atoms with van der Waals surface area (Å²) in [4.78, 5) is 0. The highest BCUT2D eigenvalue weighted by atomic mass is 79.9. The lowest BCUT2D eigenvalue weighted by Crippen LogP contribution is -1.89. The monoisotopic (exact) mass is 264 g/mol. The highest BCUT2D eigenvalue weighted by Crippen LogP contribution is 2.22. The van der Waals surface area contributed by atoms with Gasteiger partial charge in [-0.15, -0.1) is 0 Å². The maximum absolute atomic E-state index is 4.11. The molecule has 1 heterocycles. The second-order valence-corrected chi connectivity index (χ2v) is 4.21. The number of rotatable bonds is 4. The van der Waals surface area contributed by atoms with Crippen LogP contribution in [0, 0.1) is 0 Å². The predicted octanol–water partition coefficient (Wildman–Crippen LogP) is 3.40. The van der Waals surface area contributed by atoms with E-state index in [0.29, 0.717) is 0 Å². The summed E-state index contributed by atoms with van der Waals surface area (Å²) in [5.74, 6) is 0. The molecule has 0 fully saturated rings. The second-order valence-electron chi connectivity index (χ2n) is 3.42. The van der Waals surface area contributed by atoms with Gasteiger partial charge < -0.3 is 0 Å². The van der Waals surface area contributed by atoms with Crippen molar-refractivity contribution in [3.8, 4) is 11.1 Å². The first-order chi connectivity index (χ1) is 7.42. The minimum atomic E-state index is 1.03. The Kier molecular flexibility index (Phi) is 3.56. The van der Waals surface area contributed by atoms with Crippen molar-refractivity contribution < 1.29 is 0 Å². The SMILES string of the molecule is BrCCCc1[nH]ncc1-c1ccccc1. The van der Waals surface area contributed by atoms with Gasteiger partial charge in [0.2, 0.25) is 0 Å². The van der Waals surface area contributed by atoms with Crippen LogP contribution in [0.4, 0.5) is 0 Å². The first-order valence-corrected chi connectivity index (χ1v) is 6.17. The Morgan fingerprint density at radius 2 is 2.00 bits per heavy atom. The molecule has 2 rings (SSSR count). The zero-order chi connectivity index (χ0) is 10.5. The van der Waals surface area contributed by atoms with Gasteiger partial charge in [0.25, 0.3) is 0 Å². The summed E-state index contributed by atoms with van der Waals surface area (Å²) in [5, 5.41) is 8.21. The number of hydrogen-bond donors (Lipinski definition) is 1. The number of halogens is 1. The fourth-order valence-electron chi connectivity index (χ4n) is 1.61. The van der Waals surface area contributed by atoms with Crippen LogP contribution in [0.15, 0.2) is 36.5 Å². The molecule has 2 aromatic rings. The van der Waals surface area contributed by atoms with E-state index in [2.05, 4.69) is 50.4 Å². The first kappa shape index (κ1) is 10.4. The van der Waals surface area contributed by atoms with Crippen molar-refractivity contribution in [2.24, 2.45) is 0 Å². The molecule has 3 heteroatoms. The molecule has 0 atom stereocenters. The van der Waals surface area contributed by atoms with Gasteiger partial charge >= 0.3 is 0 Å². The summed E-state index contributed by atoms with van der Waals surface area (Å²) in [5.41, 5.74) is 3.67. The third-order valence-corrected chi connectivity index (χ3v) is 2.92. The molecule has 1 aromatic carbocycles. The Morgan fingerprint density at radius 3 is 2.73 bits per heavy atom. The lowest BCUT2D eigenvalue weighted by atomic mass is 10.0. The van der Waals surface area contributed by atoms with E-state index in [4.69, 9.17) is 0 Å². The number of aromatic nitrogens is 2. The minimum Gasteiger partial charge on any atom is -0.282 e. The lowest BCUT2D eigenvalue weighted by Gasteiger charge is -2.01. The predicted molar refractivity (Wildman–Crippen MR) is 66.1 cm³/mol. The molecular formula is C12H13BrN2. The fourth-order valence-corrected chi connectivity index (χ4v) is 1.89. The van der Waals surface area contributed by atoms with Crippen LogP contribution in [0.3, 0.4) is 0 Å². The molecule has 0 aliphatic carbocycles. The summed E-state index contributed by atoms with van der Waals surface area (Å²) in [6, 6.07) is 10.4. The molecule has 0 radical (unpaired) electrons. The van der Waals surface area contributed by atoms with Crippen LogP contribution in [0.5, 0.6) is 0 Å². The number of H-pyrrole nitrogens is 1. The van der Waals surface area contributed by atoms with E-state index in [-0.39, 0.29) is 0 Å². The second kappa shape index (κ2) is 5.12. The van der Waals surface area contributed by atoms with Crippen molar-refractivity contribution in [3.05, 3.63) is 42.2 Å². The standard InChI is InChI=1S/C12H13BrN2/c13-8-4-7-12-11(9-14-15-12)10-5-2-1-3-6-10/h1-3,5-6,9H,4,7-8H2,(H,14,15). The lowest BCUT2D eigenvalue weighted by molar-refractivity contribution is 0.880. The summed E-state index contributed by atoms with van der Waals surface area (Å²) in [6.45, 7) is 0. The molecule has 0 saturated heterocycles. The van der Waals surface area contributed by atoms with Gasteiger partial charge in [-0.2, -0.15) is 5.10 Å². The molecular weight excluding hydrogens is 252 g/mol. The van der Waals surface area contributed by atoms with Crippen molar-refractivity contribution in [3.63, 3.8) is 0 Å². The third kappa shape index (κ3) is 2.48. The summed E-state index contributed by atoms with van der Waals surface area (Å²) >= 11 is 3.44. The summed E-state index contributed by atoms with van der Waals surface area (Å²) in [7, 11) is 0. The van der Waals surface area contributed by atoms with E-state index in [1.54, 1.807) is 0 Å². The van der Waals surface area contributed by atoms with Gasteiger partial charge in [0.05, 0.1) is 6.20 Å². The van der Waals surface area contributed by atoms with Crippen molar-refractivity contribution >= 4 is 15.9 Å². The molecule has 0 saturated carbocycles. The number of nitrogens with one attached hydrogen (secondary N) is 1. The molecule has 0 amide bonds. The topological polar surface area (TPSA) is 28.7 Å². The van der Waals surface area contributed by atoms with E-state index in [9.17, 15) is 0 Å². The van der Waals surface area contributed by atoms with Crippen molar-refractivity contribution in [2.75, 3.05) is 5.33 Å². The zero-order valence-electron chi connectivity index (χ0n) is 8.41. The fraction of sp³-hybridized carbons (Fsp3) is 0.250. The van der Waals surface area contributed by atoms with Gasteiger partial charge in [0.15, 0.2) is 0 Å². The average molecular weight is 265 g/mol. The molecule has 0 unspecified atom stereocenters. The number of hydrogen-bond acceptors (Lipinski definition) is 1. The molecule has 78 valence electrons. The quantitative estimate of drug-likeness (QED) is 0.843. The van der Waals surface area contributed by atoms with Gasteiger partial charge in [-0.05, 0) is 18.4 Å². The van der Waals surface area contributed by atoms with Gasteiger partial charge in [-0.1, -0.05) is 46.3 Å². The number of benzene rings is 1. The zero-order valence-corrected chi connectivity index (χ0v) is 10.00. The third-order valence-electron chi connectivity index (χ3n) is 2.36. The van der Waals surface area contributed by atoms with Gasteiger partial charge in [0, 0.05) is 16.6 Å². The van der Waals surface area contributed by atoms with E-state index < -0.39 is 0 Å². The Morgan fingerprint density at radius 1 is 1.20 bits per heavy atom. The number of aromatic amines is 1. The van der Waals surface area contributed by atoms with Gasteiger partial charge in [-0.25, -0.2) is 0 Å². The Hall–Kier alpha value is -1.09. The summed E-state index contributed by atoms with van der Waals surface area (Å²) < 4.78 is 0. The molecule has 0 bridgehead atoms. The molecule has 2 nitrogen and oxygen atoms in total.